The van der Waals surface area contributed by atoms with Gasteiger partial charge in [0.2, 0.25) is 5.91 Å². The quantitative estimate of drug-likeness (QED) is 0.709. The summed E-state index contributed by atoms with van der Waals surface area (Å²) >= 11 is 1.75. The Morgan fingerprint density at radius 2 is 1.95 bits per heavy atom. The van der Waals surface area contributed by atoms with Crippen molar-refractivity contribution in [2.45, 2.75) is 31.3 Å². The average Bonchev–Trinajstić information content (AvgIpc) is 2.46. The molecule has 0 radical (unpaired) electrons. The van der Waals surface area contributed by atoms with Gasteiger partial charge in [0.1, 0.15) is 0 Å². The van der Waals surface area contributed by atoms with Crippen molar-refractivity contribution in [1.82, 2.24) is 14.7 Å². The summed E-state index contributed by atoms with van der Waals surface area (Å²) in [7, 11) is 6.24. The number of hydrogen-bond acceptors (Lipinski definition) is 5. The second kappa shape index (κ2) is 9.66. The van der Waals surface area contributed by atoms with Crippen LogP contribution in [0.25, 0.3) is 0 Å². The Bertz CT molecular complexity index is 306. The van der Waals surface area contributed by atoms with Crippen LogP contribution in [0.2, 0.25) is 0 Å². The lowest BCUT2D eigenvalue weighted by Crippen LogP contribution is -2.53. The van der Waals surface area contributed by atoms with Gasteiger partial charge in [0, 0.05) is 19.1 Å². The van der Waals surface area contributed by atoms with Crippen LogP contribution in [0.15, 0.2) is 0 Å². The number of nitrogens with two attached hydrogens (primary N) is 1. The Hall–Kier alpha value is -0.300. The van der Waals surface area contributed by atoms with Gasteiger partial charge in [-0.2, -0.15) is 11.8 Å². The van der Waals surface area contributed by atoms with Crippen molar-refractivity contribution in [2.24, 2.45) is 5.73 Å². The largest absolute Gasteiger partial charge is 0.337 e. The number of piperidine rings is 1. The lowest BCUT2D eigenvalue weighted by atomic mass is 10.0. The molecular weight excluding hydrogens is 284 g/mol. The second-order valence-electron chi connectivity index (χ2n) is 6.26. The first-order valence-corrected chi connectivity index (χ1v) is 9.23. The van der Waals surface area contributed by atoms with Gasteiger partial charge in [-0.3, -0.25) is 4.79 Å². The molecule has 1 rings (SSSR count). The van der Waals surface area contributed by atoms with E-state index in [1.807, 2.05) is 14.1 Å². The normalized spacial score (nSPS) is 19.0. The van der Waals surface area contributed by atoms with E-state index in [9.17, 15) is 4.79 Å². The fourth-order valence-corrected chi connectivity index (χ4v) is 3.16. The number of likely N-dealkylation sites (N-methyl/N-ethyl adjacent to an activating group) is 1. The fraction of sp³-hybridized carbons (Fsp3) is 0.933. The molecule has 0 spiro atoms. The first kappa shape index (κ1) is 18.7. The predicted molar refractivity (Wildman–Crippen MR) is 91.8 cm³/mol. The van der Waals surface area contributed by atoms with Gasteiger partial charge in [-0.25, -0.2) is 0 Å². The van der Waals surface area contributed by atoms with Gasteiger partial charge in [-0.1, -0.05) is 0 Å². The number of likely N-dealkylation sites (tertiary alicyclic amines) is 1. The summed E-state index contributed by atoms with van der Waals surface area (Å²) in [6.45, 7) is 3.81. The minimum Gasteiger partial charge on any atom is -0.337 e. The lowest BCUT2D eigenvalue weighted by Gasteiger charge is -2.39. The number of hydrogen-bond donors (Lipinski definition) is 1. The number of nitrogens with zero attached hydrogens (tertiary/aromatic N) is 3. The van der Waals surface area contributed by atoms with E-state index in [-0.39, 0.29) is 11.9 Å². The maximum Gasteiger partial charge on any atom is 0.239 e. The maximum atomic E-state index is 12.7. The molecule has 1 heterocycles. The third kappa shape index (κ3) is 6.55. The van der Waals surface area contributed by atoms with E-state index in [4.69, 9.17) is 5.73 Å². The predicted octanol–water partition coefficient (Wildman–Crippen LogP) is 0.551. The molecule has 0 aromatic carbocycles. The first-order valence-electron chi connectivity index (χ1n) is 7.84. The second-order valence-corrected chi connectivity index (χ2v) is 7.24. The third-order valence-corrected chi connectivity index (χ3v) is 4.79. The minimum atomic E-state index is -0.348. The molecular formula is C15H32N4OS. The molecule has 0 unspecified atom stereocenters. The van der Waals surface area contributed by atoms with E-state index < -0.39 is 0 Å². The molecule has 1 atom stereocenters. The van der Waals surface area contributed by atoms with Crippen LogP contribution in [-0.2, 0) is 4.79 Å². The van der Waals surface area contributed by atoms with Gasteiger partial charge in [-0.15, -0.1) is 0 Å². The van der Waals surface area contributed by atoms with Crippen LogP contribution in [0.1, 0.15) is 19.3 Å². The van der Waals surface area contributed by atoms with Crippen LogP contribution < -0.4 is 5.73 Å². The molecule has 21 heavy (non-hydrogen) atoms. The van der Waals surface area contributed by atoms with Crippen LogP contribution in [0.3, 0.4) is 0 Å². The number of carbonyl (C=O) groups excluding carboxylic acids is 1. The van der Waals surface area contributed by atoms with E-state index in [1.54, 1.807) is 11.8 Å². The van der Waals surface area contributed by atoms with Gasteiger partial charge < -0.3 is 20.4 Å². The van der Waals surface area contributed by atoms with E-state index in [2.05, 4.69) is 28.0 Å². The highest BCUT2D eigenvalue weighted by atomic mass is 32.2. The highest BCUT2D eigenvalue weighted by molar-refractivity contribution is 7.98. The Morgan fingerprint density at radius 3 is 2.48 bits per heavy atom. The van der Waals surface area contributed by atoms with Crippen molar-refractivity contribution >= 4 is 17.7 Å². The van der Waals surface area contributed by atoms with Crippen LogP contribution in [0.5, 0.6) is 0 Å². The molecule has 0 aromatic heterocycles. The molecule has 0 saturated carbocycles. The van der Waals surface area contributed by atoms with Crippen molar-refractivity contribution in [3.63, 3.8) is 0 Å². The molecule has 1 saturated heterocycles. The van der Waals surface area contributed by atoms with E-state index >= 15 is 0 Å². The van der Waals surface area contributed by atoms with Crippen molar-refractivity contribution in [3.8, 4) is 0 Å². The molecule has 124 valence electrons. The number of thioether (sulfide) groups is 1. The zero-order valence-corrected chi connectivity index (χ0v) is 14.9. The molecule has 0 aliphatic carbocycles. The average molecular weight is 317 g/mol. The molecule has 1 fully saturated rings. The monoisotopic (exact) mass is 316 g/mol. The molecule has 2 N–H and O–H groups in total. The molecule has 1 aliphatic heterocycles. The summed E-state index contributed by atoms with van der Waals surface area (Å²) in [6.07, 6.45) is 4.94. The lowest BCUT2D eigenvalue weighted by molar-refractivity contribution is -0.136. The summed E-state index contributed by atoms with van der Waals surface area (Å²) in [6, 6.07) is 0.00764. The van der Waals surface area contributed by atoms with Crippen LogP contribution in [0.4, 0.5) is 0 Å². The van der Waals surface area contributed by atoms with Gasteiger partial charge in [0.05, 0.1) is 6.04 Å². The number of rotatable bonds is 8. The minimum absolute atomic E-state index is 0.139. The SMILES string of the molecule is CSCC[C@@H](N)C(=O)N(CCN(C)C)C1CCN(C)CC1. The van der Waals surface area contributed by atoms with E-state index in [0.717, 1.165) is 51.2 Å². The van der Waals surface area contributed by atoms with Crippen molar-refractivity contribution in [1.29, 1.82) is 0 Å². The van der Waals surface area contributed by atoms with Crippen LogP contribution in [0, 0.1) is 0 Å². The smallest absolute Gasteiger partial charge is 0.239 e. The Morgan fingerprint density at radius 1 is 1.33 bits per heavy atom. The van der Waals surface area contributed by atoms with Gasteiger partial charge in [0.25, 0.3) is 0 Å². The summed E-state index contributed by atoms with van der Waals surface area (Å²) in [5.74, 6) is 1.09. The molecule has 6 heteroatoms. The van der Waals surface area contributed by atoms with Gasteiger partial charge in [0.15, 0.2) is 0 Å². The summed E-state index contributed by atoms with van der Waals surface area (Å²) in [4.78, 5) is 19.2. The zero-order valence-electron chi connectivity index (χ0n) is 14.0. The molecule has 1 amide bonds. The zero-order chi connectivity index (χ0) is 15.8. The molecule has 1 aliphatic rings. The van der Waals surface area contributed by atoms with Gasteiger partial charge >= 0.3 is 0 Å². The summed E-state index contributed by atoms with van der Waals surface area (Å²) < 4.78 is 0. The van der Waals surface area contributed by atoms with Crippen LogP contribution >= 0.6 is 11.8 Å². The summed E-state index contributed by atoms with van der Waals surface area (Å²) in [5, 5.41) is 0. The highest BCUT2D eigenvalue weighted by Crippen LogP contribution is 2.17. The molecule has 0 bridgehead atoms. The molecule has 0 aromatic rings. The molecule has 5 nitrogen and oxygen atoms in total. The summed E-state index contributed by atoms with van der Waals surface area (Å²) in [5.41, 5.74) is 6.12. The van der Waals surface area contributed by atoms with Crippen molar-refractivity contribution < 1.29 is 4.79 Å². The maximum absolute atomic E-state index is 12.7. The number of amides is 1. The number of carbonyl (C=O) groups is 1. The Balaban J connectivity index is 2.64. The van der Waals surface area contributed by atoms with Crippen molar-refractivity contribution in [3.05, 3.63) is 0 Å². The van der Waals surface area contributed by atoms with Crippen molar-refractivity contribution in [2.75, 3.05) is 59.3 Å². The first-order chi connectivity index (χ1) is 9.95. The third-order valence-electron chi connectivity index (χ3n) is 4.15. The van der Waals surface area contributed by atoms with E-state index in [0.29, 0.717) is 6.04 Å². The van der Waals surface area contributed by atoms with E-state index in [1.165, 1.54) is 0 Å². The fourth-order valence-electron chi connectivity index (χ4n) is 2.67. The standard InChI is InChI=1S/C15H32N4OS/c1-17(2)10-11-19(13-5-8-18(3)9-6-13)15(20)14(16)7-12-21-4/h13-14H,5-12,16H2,1-4H3/t14-/m1/s1. The highest BCUT2D eigenvalue weighted by Gasteiger charge is 2.29. The van der Waals surface area contributed by atoms with Crippen LogP contribution in [-0.4, -0.2) is 92.0 Å². The Labute approximate surface area is 134 Å². The van der Waals surface area contributed by atoms with Gasteiger partial charge in [-0.05, 0) is 65.5 Å². The topological polar surface area (TPSA) is 52.8 Å². The Kier molecular flexibility index (Phi) is 8.63.